The Morgan fingerprint density at radius 1 is 1.41 bits per heavy atom. The van der Waals surface area contributed by atoms with Gasteiger partial charge in [-0.05, 0) is 12.1 Å². The molecule has 0 aliphatic rings. The van der Waals surface area contributed by atoms with E-state index >= 15 is 0 Å². The molecule has 0 aliphatic carbocycles. The Morgan fingerprint density at radius 3 is 2.71 bits per heavy atom. The molecular formula is C11H9ClFNO3. The lowest BCUT2D eigenvalue weighted by atomic mass is 10.2. The van der Waals surface area contributed by atoms with E-state index in [0.717, 1.165) is 6.07 Å². The quantitative estimate of drug-likeness (QED) is 0.842. The zero-order chi connectivity index (χ0) is 12.6. The van der Waals surface area contributed by atoms with Crippen LogP contribution >= 0.6 is 11.6 Å². The third kappa shape index (κ3) is 1.82. The predicted molar refractivity (Wildman–Crippen MR) is 61.2 cm³/mol. The maximum absolute atomic E-state index is 13.6. The SMILES string of the molecule is COC(=O)c1cc2c(OC)c(Cl)cc(F)c2[nH]1. The fourth-order valence-electron chi connectivity index (χ4n) is 1.63. The molecule has 0 saturated carbocycles. The summed E-state index contributed by atoms with van der Waals surface area (Å²) in [6.07, 6.45) is 0. The first-order chi connectivity index (χ1) is 8.08. The zero-order valence-electron chi connectivity index (χ0n) is 9.14. The molecule has 6 heteroatoms. The van der Waals surface area contributed by atoms with Gasteiger partial charge in [0.1, 0.15) is 17.3 Å². The number of hydrogen-bond acceptors (Lipinski definition) is 3. The van der Waals surface area contributed by atoms with Crippen molar-refractivity contribution in [3.63, 3.8) is 0 Å². The van der Waals surface area contributed by atoms with Crippen LogP contribution in [0.25, 0.3) is 10.9 Å². The van der Waals surface area contributed by atoms with Crippen LogP contribution in [0.1, 0.15) is 10.5 Å². The van der Waals surface area contributed by atoms with Crippen molar-refractivity contribution in [1.82, 2.24) is 4.98 Å². The number of aromatic amines is 1. The predicted octanol–water partition coefficient (Wildman–Crippen LogP) is 2.76. The van der Waals surface area contributed by atoms with Crippen molar-refractivity contribution < 1.29 is 18.7 Å². The zero-order valence-corrected chi connectivity index (χ0v) is 9.89. The molecule has 0 atom stereocenters. The van der Waals surface area contributed by atoms with Gasteiger partial charge in [-0.2, -0.15) is 0 Å². The second-order valence-corrected chi connectivity index (χ2v) is 3.74. The Morgan fingerprint density at radius 2 is 2.12 bits per heavy atom. The molecule has 1 heterocycles. The van der Waals surface area contributed by atoms with Gasteiger partial charge in [0.15, 0.2) is 0 Å². The largest absolute Gasteiger partial charge is 0.494 e. The lowest BCUT2D eigenvalue weighted by Crippen LogP contribution is -2.00. The van der Waals surface area contributed by atoms with Gasteiger partial charge in [0.05, 0.1) is 24.8 Å². The van der Waals surface area contributed by atoms with Crippen molar-refractivity contribution in [3.8, 4) is 5.75 Å². The summed E-state index contributed by atoms with van der Waals surface area (Å²) in [5.74, 6) is -0.825. The number of methoxy groups -OCH3 is 2. The Bertz CT molecular complexity index is 594. The molecule has 1 aromatic carbocycles. The molecule has 4 nitrogen and oxygen atoms in total. The average Bonchev–Trinajstić information content (AvgIpc) is 2.73. The number of H-pyrrole nitrogens is 1. The maximum Gasteiger partial charge on any atom is 0.354 e. The minimum Gasteiger partial charge on any atom is -0.494 e. The highest BCUT2D eigenvalue weighted by Crippen LogP contribution is 2.35. The number of benzene rings is 1. The number of halogens is 2. The third-order valence-electron chi connectivity index (χ3n) is 2.38. The number of carbonyl (C=O) groups is 1. The lowest BCUT2D eigenvalue weighted by molar-refractivity contribution is 0.0595. The molecule has 0 unspecified atom stereocenters. The molecule has 90 valence electrons. The Labute approximate surface area is 101 Å². The van der Waals surface area contributed by atoms with Gasteiger partial charge in [-0.25, -0.2) is 9.18 Å². The summed E-state index contributed by atoms with van der Waals surface area (Å²) >= 11 is 5.84. The number of esters is 1. The van der Waals surface area contributed by atoms with Crippen molar-refractivity contribution in [3.05, 3.63) is 28.7 Å². The number of nitrogens with one attached hydrogen (secondary N) is 1. The summed E-state index contributed by atoms with van der Waals surface area (Å²) < 4.78 is 23.2. The molecule has 0 amide bonds. The highest BCUT2D eigenvalue weighted by Gasteiger charge is 2.17. The van der Waals surface area contributed by atoms with E-state index in [1.54, 1.807) is 0 Å². The molecule has 0 spiro atoms. The highest BCUT2D eigenvalue weighted by atomic mass is 35.5. The van der Waals surface area contributed by atoms with Gasteiger partial charge in [-0.15, -0.1) is 0 Å². The van der Waals surface area contributed by atoms with Crippen molar-refractivity contribution >= 4 is 28.5 Å². The first-order valence-corrected chi connectivity index (χ1v) is 5.09. The Balaban J connectivity index is 2.75. The van der Waals surface area contributed by atoms with Crippen LogP contribution in [0, 0.1) is 5.82 Å². The number of hydrogen-bond donors (Lipinski definition) is 1. The molecule has 2 rings (SSSR count). The average molecular weight is 258 g/mol. The van der Waals surface area contributed by atoms with Gasteiger partial charge in [-0.1, -0.05) is 11.6 Å². The third-order valence-corrected chi connectivity index (χ3v) is 2.66. The normalized spacial score (nSPS) is 10.6. The fourth-order valence-corrected chi connectivity index (χ4v) is 1.90. The summed E-state index contributed by atoms with van der Waals surface area (Å²) in [5.41, 5.74) is 0.300. The fraction of sp³-hybridized carbons (Fsp3) is 0.182. The van der Waals surface area contributed by atoms with E-state index in [4.69, 9.17) is 16.3 Å². The molecule has 0 fully saturated rings. The van der Waals surface area contributed by atoms with E-state index in [9.17, 15) is 9.18 Å². The van der Waals surface area contributed by atoms with Crippen LogP contribution in [0.4, 0.5) is 4.39 Å². The van der Waals surface area contributed by atoms with Crippen molar-refractivity contribution in [2.24, 2.45) is 0 Å². The topological polar surface area (TPSA) is 51.3 Å². The summed E-state index contributed by atoms with van der Waals surface area (Å²) in [6.45, 7) is 0. The smallest absolute Gasteiger partial charge is 0.354 e. The number of carbonyl (C=O) groups excluding carboxylic acids is 1. The standard InChI is InChI=1S/C11H9ClFNO3/c1-16-10-5-3-8(11(15)17-2)14-9(5)7(13)4-6(10)12/h3-4,14H,1-2H3. The van der Waals surface area contributed by atoms with E-state index in [2.05, 4.69) is 9.72 Å². The number of ether oxygens (including phenoxy) is 2. The van der Waals surface area contributed by atoms with E-state index < -0.39 is 11.8 Å². The first-order valence-electron chi connectivity index (χ1n) is 4.71. The molecule has 1 aromatic heterocycles. The van der Waals surface area contributed by atoms with Crippen LogP contribution in [-0.2, 0) is 4.74 Å². The molecule has 0 bridgehead atoms. The van der Waals surface area contributed by atoms with E-state index in [0.29, 0.717) is 11.1 Å². The Kier molecular flexibility index (Phi) is 2.93. The number of aromatic nitrogens is 1. The van der Waals surface area contributed by atoms with Gasteiger partial charge in [0.2, 0.25) is 0 Å². The summed E-state index contributed by atoms with van der Waals surface area (Å²) in [6, 6.07) is 2.56. The van der Waals surface area contributed by atoms with E-state index in [1.807, 2.05) is 0 Å². The minimum absolute atomic E-state index is 0.141. The summed E-state index contributed by atoms with van der Waals surface area (Å²) in [5, 5.41) is 0.547. The van der Waals surface area contributed by atoms with Crippen LogP contribution in [0.5, 0.6) is 5.75 Å². The van der Waals surface area contributed by atoms with E-state index in [-0.39, 0.29) is 16.2 Å². The van der Waals surface area contributed by atoms with Gasteiger partial charge >= 0.3 is 5.97 Å². The van der Waals surface area contributed by atoms with Crippen LogP contribution < -0.4 is 4.74 Å². The lowest BCUT2D eigenvalue weighted by Gasteiger charge is -2.04. The molecular weight excluding hydrogens is 249 g/mol. The molecule has 0 aliphatic heterocycles. The van der Waals surface area contributed by atoms with Gasteiger partial charge in [0, 0.05) is 5.39 Å². The van der Waals surface area contributed by atoms with Crippen molar-refractivity contribution in [2.75, 3.05) is 14.2 Å². The van der Waals surface area contributed by atoms with Crippen molar-refractivity contribution in [1.29, 1.82) is 0 Å². The molecule has 0 radical (unpaired) electrons. The first kappa shape index (κ1) is 11.7. The van der Waals surface area contributed by atoms with Crippen LogP contribution in [-0.4, -0.2) is 25.2 Å². The van der Waals surface area contributed by atoms with Crippen molar-refractivity contribution in [2.45, 2.75) is 0 Å². The van der Waals surface area contributed by atoms with Gasteiger partial charge in [0.25, 0.3) is 0 Å². The number of fused-ring (bicyclic) bond motifs is 1. The minimum atomic E-state index is -0.584. The molecule has 0 saturated heterocycles. The second-order valence-electron chi connectivity index (χ2n) is 3.34. The Hall–Kier alpha value is -1.75. The highest BCUT2D eigenvalue weighted by molar-refractivity contribution is 6.33. The summed E-state index contributed by atoms with van der Waals surface area (Å²) in [7, 11) is 2.66. The van der Waals surface area contributed by atoms with Crippen LogP contribution in [0.2, 0.25) is 5.02 Å². The molecule has 1 N–H and O–H groups in total. The van der Waals surface area contributed by atoms with E-state index in [1.165, 1.54) is 20.3 Å². The van der Waals surface area contributed by atoms with Crippen LogP contribution in [0.15, 0.2) is 12.1 Å². The van der Waals surface area contributed by atoms with Gasteiger partial charge in [-0.3, -0.25) is 0 Å². The summed E-state index contributed by atoms with van der Waals surface area (Å²) in [4.78, 5) is 14.0. The monoisotopic (exact) mass is 257 g/mol. The van der Waals surface area contributed by atoms with Crippen LogP contribution in [0.3, 0.4) is 0 Å². The maximum atomic E-state index is 13.6. The number of rotatable bonds is 2. The molecule has 17 heavy (non-hydrogen) atoms. The second kappa shape index (κ2) is 4.25. The van der Waals surface area contributed by atoms with Gasteiger partial charge < -0.3 is 14.5 Å². The molecule has 2 aromatic rings.